The van der Waals surface area contributed by atoms with Gasteiger partial charge in [0.05, 0.1) is 0 Å². The van der Waals surface area contributed by atoms with Crippen molar-refractivity contribution in [2.24, 2.45) is 5.73 Å². The number of nitrogens with zero attached hydrogens (tertiary/aromatic N) is 1. The molecule has 0 bridgehead atoms. The molecule has 0 atom stereocenters. The Kier molecular flexibility index (Phi) is 2.97. The van der Waals surface area contributed by atoms with Crippen LogP contribution < -0.4 is 15.5 Å². The van der Waals surface area contributed by atoms with Gasteiger partial charge in [-0.2, -0.15) is 18.2 Å². The topological polar surface area (TPSA) is 81.9 Å². The van der Waals surface area contributed by atoms with Gasteiger partial charge in [0.25, 0.3) is 0 Å². The molecule has 1 aliphatic rings. The molecule has 6 nitrogen and oxygen atoms in total. The lowest BCUT2D eigenvalue weighted by Crippen LogP contribution is -2.34. The first kappa shape index (κ1) is 13.0. The van der Waals surface area contributed by atoms with E-state index in [9.17, 15) is 22.8 Å². The molecule has 1 heterocycles. The highest BCUT2D eigenvalue weighted by molar-refractivity contribution is 5.94. The summed E-state index contributed by atoms with van der Waals surface area (Å²) in [5, 5.41) is 0.595. The Morgan fingerprint density at radius 3 is 2.63 bits per heavy atom. The molecule has 0 aliphatic carbocycles. The van der Waals surface area contributed by atoms with Crippen LogP contribution in [0.15, 0.2) is 18.2 Å². The highest BCUT2D eigenvalue weighted by Crippen LogP contribution is 2.35. The number of anilines is 1. The van der Waals surface area contributed by atoms with Crippen LogP contribution in [0.3, 0.4) is 0 Å². The number of hydroxylamine groups is 1. The average molecular weight is 276 g/mol. The zero-order valence-corrected chi connectivity index (χ0v) is 9.23. The quantitative estimate of drug-likeness (QED) is 0.870. The van der Waals surface area contributed by atoms with Crippen molar-refractivity contribution >= 4 is 17.6 Å². The van der Waals surface area contributed by atoms with E-state index in [1.54, 1.807) is 0 Å². The van der Waals surface area contributed by atoms with Crippen molar-refractivity contribution < 1.29 is 32.3 Å². The summed E-state index contributed by atoms with van der Waals surface area (Å²) in [7, 11) is 0. The molecule has 0 radical (unpaired) electrons. The fourth-order valence-corrected chi connectivity index (χ4v) is 1.41. The number of primary amides is 1. The monoisotopic (exact) mass is 276 g/mol. The molecule has 1 aromatic carbocycles. The number of amides is 1. The molecule has 1 amide bonds. The van der Waals surface area contributed by atoms with Gasteiger partial charge in [-0.15, -0.1) is 0 Å². The summed E-state index contributed by atoms with van der Waals surface area (Å²) < 4.78 is 41.2. The van der Waals surface area contributed by atoms with E-state index in [1.165, 1.54) is 18.2 Å². The number of alkyl halides is 3. The van der Waals surface area contributed by atoms with Crippen LogP contribution in [0.2, 0.25) is 0 Å². The third-order valence-corrected chi connectivity index (χ3v) is 2.27. The highest BCUT2D eigenvalue weighted by Gasteiger charge is 2.43. The Morgan fingerprint density at radius 2 is 2.05 bits per heavy atom. The predicted octanol–water partition coefficient (Wildman–Crippen LogP) is 0.962. The van der Waals surface area contributed by atoms with Crippen LogP contribution in [0.4, 0.5) is 18.9 Å². The number of benzene rings is 1. The average Bonchev–Trinajstić information content (AvgIpc) is 2.70. The summed E-state index contributed by atoms with van der Waals surface area (Å²) in [5.74, 6) is -2.97. The van der Waals surface area contributed by atoms with Crippen molar-refractivity contribution in [2.45, 2.75) is 6.18 Å². The normalized spacial score (nSPS) is 13.7. The Morgan fingerprint density at radius 1 is 1.37 bits per heavy atom. The predicted molar refractivity (Wildman–Crippen MR) is 55.1 cm³/mol. The van der Waals surface area contributed by atoms with E-state index in [-0.39, 0.29) is 17.0 Å². The van der Waals surface area contributed by atoms with Gasteiger partial charge < -0.3 is 15.3 Å². The Bertz CT molecular complexity index is 544. The minimum atomic E-state index is -5.12. The van der Waals surface area contributed by atoms with E-state index in [0.29, 0.717) is 5.06 Å². The number of ether oxygens (including phenoxy) is 1. The molecule has 1 aromatic rings. The zero-order chi connectivity index (χ0) is 14.2. The highest BCUT2D eigenvalue weighted by atomic mass is 19.4. The third kappa shape index (κ3) is 2.54. The number of rotatable bonds is 2. The van der Waals surface area contributed by atoms with E-state index in [4.69, 9.17) is 10.5 Å². The summed E-state index contributed by atoms with van der Waals surface area (Å²) in [6.07, 6.45) is -5.12. The van der Waals surface area contributed by atoms with Gasteiger partial charge in [-0.05, 0) is 18.2 Å². The number of fused-ring (bicyclic) bond motifs is 1. The largest absolute Gasteiger partial charge is 0.493 e. The first-order valence-corrected chi connectivity index (χ1v) is 4.92. The minimum Gasteiger partial charge on any atom is -0.468 e. The maximum absolute atomic E-state index is 12.1. The molecule has 102 valence electrons. The first-order valence-electron chi connectivity index (χ1n) is 4.92. The second-order valence-electron chi connectivity index (χ2n) is 3.58. The van der Waals surface area contributed by atoms with Gasteiger partial charge in [0.1, 0.15) is 11.4 Å². The van der Waals surface area contributed by atoms with Gasteiger partial charge in [0.2, 0.25) is 5.91 Å². The standard InChI is InChI=1S/C10H7F3N2O4/c11-10(12,13)9(17)19-15-4-18-7-2-1-5(8(14)16)3-6(7)15/h1-3H,4H2,(H2,14,16). The summed E-state index contributed by atoms with van der Waals surface area (Å²) >= 11 is 0. The maximum atomic E-state index is 12.1. The van der Waals surface area contributed by atoms with Crippen LogP contribution in [0.1, 0.15) is 10.4 Å². The fraction of sp³-hybridized carbons (Fsp3) is 0.200. The molecule has 2 rings (SSSR count). The minimum absolute atomic E-state index is 0.0221. The second kappa shape index (κ2) is 4.34. The van der Waals surface area contributed by atoms with Crippen LogP contribution in [0.5, 0.6) is 5.75 Å². The number of hydrogen-bond acceptors (Lipinski definition) is 5. The molecule has 1 aliphatic heterocycles. The Hall–Kier alpha value is -2.45. The Labute approximate surface area is 104 Å². The third-order valence-electron chi connectivity index (χ3n) is 2.27. The lowest BCUT2D eigenvalue weighted by molar-refractivity contribution is -0.201. The number of carbonyl (C=O) groups is 2. The van der Waals surface area contributed by atoms with Gasteiger partial charge in [-0.1, -0.05) is 0 Å². The van der Waals surface area contributed by atoms with Crippen LogP contribution in [-0.2, 0) is 9.63 Å². The Balaban J connectivity index is 2.23. The molecular weight excluding hydrogens is 269 g/mol. The van der Waals surface area contributed by atoms with Gasteiger partial charge >= 0.3 is 12.1 Å². The van der Waals surface area contributed by atoms with Crippen molar-refractivity contribution in [3.63, 3.8) is 0 Å². The SMILES string of the molecule is NC(=O)c1ccc2c(c1)N(OC(=O)C(F)(F)F)CO2. The van der Waals surface area contributed by atoms with Gasteiger partial charge in [-0.3, -0.25) is 4.79 Å². The summed E-state index contributed by atoms with van der Waals surface area (Å²) in [4.78, 5) is 25.8. The molecule has 0 unspecified atom stereocenters. The van der Waals surface area contributed by atoms with Gasteiger partial charge in [-0.25, -0.2) is 4.79 Å². The van der Waals surface area contributed by atoms with Crippen LogP contribution in [0.25, 0.3) is 0 Å². The molecule has 2 N–H and O–H groups in total. The molecule has 0 saturated heterocycles. The van der Waals surface area contributed by atoms with Crippen molar-refractivity contribution in [1.29, 1.82) is 0 Å². The fourth-order valence-electron chi connectivity index (χ4n) is 1.41. The molecule has 19 heavy (non-hydrogen) atoms. The van der Waals surface area contributed by atoms with Crippen molar-refractivity contribution in [3.05, 3.63) is 23.8 Å². The van der Waals surface area contributed by atoms with Gasteiger partial charge in [0.15, 0.2) is 6.73 Å². The molecule has 9 heteroatoms. The molecule has 0 spiro atoms. The van der Waals surface area contributed by atoms with Crippen molar-refractivity contribution in [3.8, 4) is 5.75 Å². The van der Waals surface area contributed by atoms with E-state index in [0.717, 1.165) is 0 Å². The molecule has 0 saturated carbocycles. The smallest absolute Gasteiger partial charge is 0.468 e. The maximum Gasteiger partial charge on any atom is 0.493 e. The summed E-state index contributed by atoms with van der Waals surface area (Å²) in [6, 6.07) is 3.86. The lowest BCUT2D eigenvalue weighted by atomic mass is 10.2. The molecule has 0 fully saturated rings. The van der Waals surface area contributed by atoms with Crippen LogP contribution >= 0.6 is 0 Å². The van der Waals surface area contributed by atoms with Crippen LogP contribution in [0, 0.1) is 0 Å². The van der Waals surface area contributed by atoms with E-state index >= 15 is 0 Å². The van der Waals surface area contributed by atoms with E-state index < -0.39 is 24.8 Å². The number of hydrogen-bond donors (Lipinski definition) is 1. The van der Waals surface area contributed by atoms with E-state index in [2.05, 4.69) is 4.84 Å². The summed E-state index contributed by atoms with van der Waals surface area (Å²) in [6.45, 7) is -0.403. The number of nitrogens with two attached hydrogens (primary N) is 1. The number of carbonyl (C=O) groups excluding carboxylic acids is 2. The molecule has 0 aromatic heterocycles. The van der Waals surface area contributed by atoms with Gasteiger partial charge in [0, 0.05) is 5.56 Å². The first-order chi connectivity index (χ1) is 8.79. The second-order valence-corrected chi connectivity index (χ2v) is 3.58. The zero-order valence-electron chi connectivity index (χ0n) is 9.23. The lowest BCUT2D eigenvalue weighted by Gasteiger charge is -2.16. The van der Waals surface area contributed by atoms with Crippen LogP contribution in [-0.4, -0.2) is 24.8 Å². The van der Waals surface area contributed by atoms with Crippen molar-refractivity contribution in [2.75, 3.05) is 11.8 Å². The molecular formula is C10H7F3N2O4. The van der Waals surface area contributed by atoms with Crippen molar-refractivity contribution in [1.82, 2.24) is 0 Å². The van der Waals surface area contributed by atoms with E-state index in [1.807, 2.05) is 0 Å². The summed E-state index contributed by atoms with van der Waals surface area (Å²) in [5.41, 5.74) is 5.11. The number of halogens is 3.